The van der Waals surface area contributed by atoms with E-state index in [9.17, 15) is 4.79 Å². The quantitative estimate of drug-likeness (QED) is 0.877. The minimum absolute atomic E-state index is 0.0464. The highest BCUT2D eigenvalue weighted by Gasteiger charge is 2.41. The highest BCUT2D eigenvalue weighted by atomic mass is 35.5. The maximum Gasteiger partial charge on any atom is 0.261 e. The Hall–Kier alpha value is -2.21. The van der Waals surface area contributed by atoms with Gasteiger partial charge in [0, 0.05) is 11.2 Å². The van der Waals surface area contributed by atoms with E-state index in [0.29, 0.717) is 10.8 Å². The third kappa shape index (κ3) is 3.63. The molecule has 0 spiro atoms. The number of benzene rings is 1. The molecule has 140 valence electrons. The summed E-state index contributed by atoms with van der Waals surface area (Å²) in [6, 6.07) is 13.2. The van der Waals surface area contributed by atoms with Crippen molar-refractivity contribution >= 4 is 23.3 Å². The van der Waals surface area contributed by atoms with Gasteiger partial charge < -0.3 is 9.64 Å². The molecular formula is C21H23ClN3O2+. The second kappa shape index (κ2) is 7.80. The van der Waals surface area contributed by atoms with Gasteiger partial charge in [0.1, 0.15) is 25.5 Å². The number of carbonyl (C=O) groups is 1. The lowest BCUT2D eigenvalue weighted by Crippen LogP contribution is -3.14. The van der Waals surface area contributed by atoms with E-state index in [-0.39, 0.29) is 11.9 Å². The van der Waals surface area contributed by atoms with E-state index in [0.717, 1.165) is 49.6 Å². The number of aromatic nitrogens is 1. The van der Waals surface area contributed by atoms with E-state index in [1.165, 1.54) is 4.90 Å². The van der Waals surface area contributed by atoms with Crippen LogP contribution in [0.1, 0.15) is 18.5 Å². The van der Waals surface area contributed by atoms with Crippen molar-refractivity contribution in [3.63, 3.8) is 0 Å². The maximum absolute atomic E-state index is 13.4. The van der Waals surface area contributed by atoms with Crippen LogP contribution in [-0.2, 0) is 9.53 Å². The number of morpholine rings is 1. The molecule has 2 aromatic rings. The topological polar surface area (TPSA) is 46.9 Å². The minimum atomic E-state index is -0.153. The molecule has 2 aliphatic rings. The van der Waals surface area contributed by atoms with E-state index in [4.69, 9.17) is 16.3 Å². The molecule has 1 aromatic heterocycles. The normalized spacial score (nSPS) is 21.2. The van der Waals surface area contributed by atoms with Crippen LogP contribution < -0.4 is 9.80 Å². The van der Waals surface area contributed by atoms with E-state index in [1.807, 2.05) is 47.4 Å². The molecule has 3 heterocycles. The number of halogens is 1. The van der Waals surface area contributed by atoms with Gasteiger partial charge in [0.15, 0.2) is 0 Å². The Bertz CT molecular complexity index is 845. The van der Waals surface area contributed by atoms with Crippen LogP contribution in [0.4, 0.5) is 5.82 Å². The van der Waals surface area contributed by atoms with Crippen LogP contribution >= 0.6 is 11.6 Å². The van der Waals surface area contributed by atoms with Gasteiger partial charge in [-0.15, -0.1) is 0 Å². The van der Waals surface area contributed by atoms with Crippen LogP contribution in [0.3, 0.4) is 0 Å². The molecule has 0 aliphatic carbocycles. The van der Waals surface area contributed by atoms with Gasteiger partial charge in [-0.2, -0.15) is 0 Å². The molecular weight excluding hydrogens is 362 g/mol. The molecule has 1 amide bonds. The lowest BCUT2D eigenvalue weighted by molar-refractivity contribution is -0.902. The van der Waals surface area contributed by atoms with Crippen LogP contribution in [0.25, 0.3) is 0 Å². The van der Waals surface area contributed by atoms with Crippen LogP contribution in [0.5, 0.6) is 0 Å². The molecule has 0 unspecified atom stereocenters. The van der Waals surface area contributed by atoms with Crippen molar-refractivity contribution in [3.05, 3.63) is 70.4 Å². The van der Waals surface area contributed by atoms with Crippen LogP contribution in [0, 0.1) is 0 Å². The first-order chi connectivity index (χ1) is 13.1. The number of anilines is 1. The zero-order valence-electron chi connectivity index (χ0n) is 15.3. The summed E-state index contributed by atoms with van der Waals surface area (Å²) in [5.74, 6) is 0.721. The van der Waals surface area contributed by atoms with Crippen molar-refractivity contribution in [2.24, 2.45) is 0 Å². The number of amides is 1. The molecule has 27 heavy (non-hydrogen) atoms. The van der Waals surface area contributed by atoms with Crippen LogP contribution in [-0.4, -0.2) is 43.7 Å². The number of hydrogen-bond acceptors (Lipinski definition) is 3. The van der Waals surface area contributed by atoms with Crippen molar-refractivity contribution in [2.75, 3.05) is 37.7 Å². The number of carbonyl (C=O) groups excluding carboxylic acids is 1. The minimum Gasteiger partial charge on any atom is -0.370 e. The Kier molecular flexibility index (Phi) is 5.25. The van der Waals surface area contributed by atoms with Crippen LogP contribution in [0.15, 0.2) is 59.8 Å². The summed E-state index contributed by atoms with van der Waals surface area (Å²) in [7, 11) is 0. The standard InChI is InChI=1S/C21H22ClN3O2/c1-15-18(14-24-10-12-27-13-11-24)21(26)25(19-4-2-3-9-23-19)20(15)16-5-7-17(22)8-6-16/h2-9,20H,10-14H2,1H3/p+1/t20-/m1/s1. The van der Waals surface area contributed by atoms with E-state index in [2.05, 4.69) is 11.9 Å². The van der Waals surface area contributed by atoms with Crippen molar-refractivity contribution in [1.82, 2.24) is 4.98 Å². The second-order valence-corrected chi connectivity index (χ2v) is 7.45. The third-order valence-electron chi connectivity index (χ3n) is 5.33. The van der Waals surface area contributed by atoms with Gasteiger partial charge >= 0.3 is 0 Å². The number of nitrogens with one attached hydrogen (secondary N) is 1. The molecule has 1 atom stereocenters. The summed E-state index contributed by atoms with van der Waals surface area (Å²) in [5, 5.41) is 0.687. The number of nitrogens with zero attached hydrogens (tertiary/aromatic N) is 2. The fourth-order valence-electron chi connectivity index (χ4n) is 3.87. The first-order valence-electron chi connectivity index (χ1n) is 9.26. The summed E-state index contributed by atoms with van der Waals surface area (Å²) < 4.78 is 5.46. The van der Waals surface area contributed by atoms with Crippen molar-refractivity contribution in [1.29, 1.82) is 0 Å². The van der Waals surface area contributed by atoms with Gasteiger partial charge in [0.05, 0.1) is 24.8 Å². The summed E-state index contributed by atoms with van der Waals surface area (Å²) in [5.41, 5.74) is 3.02. The predicted octanol–water partition coefficient (Wildman–Crippen LogP) is 2.05. The fraction of sp³-hybridized carbons (Fsp3) is 0.333. The molecule has 1 saturated heterocycles. The van der Waals surface area contributed by atoms with Gasteiger partial charge in [0.2, 0.25) is 0 Å². The Balaban J connectivity index is 1.72. The summed E-state index contributed by atoms with van der Waals surface area (Å²) in [6.07, 6.45) is 1.72. The van der Waals surface area contributed by atoms with E-state index >= 15 is 0 Å². The average Bonchev–Trinajstić information content (AvgIpc) is 2.95. The van der Waals surface area contributed by atoms with Crippen molar-refractivity contribution in [3.8, 4) is 0 Å². The largest absolute Gasteiger partial charge is 0.370 e. The summed E-state index contributed by atoms with van der Waals surface area (Å²) in [6.45, 7) is 6.15. The van der Waals surface area contributed by atoms with Crippen LogP contribution in [0.2, 0.25) is 5.02 Å². The lowest BCUT2D eigenvalue weighted by Gasteiger charge is -2.26. The monoisotopic (exact) mass is 384 g/mol. The van der Waals surface area contributed by atoms with E-state index < -0.39 is 0 Å². The van der Waals surface area contributed by atoms with Crippen molar-refractivity contribution in [2.45, 2.75) is 13.0 Å². The zero-order valence-corrected chi connectivity index (χ0v) is 16.1. The SMILES string of the molecule is CC1=C(C[NH+]2CCOCC2)C(=O)N(c2ccccn2)[C@H]1c1ccc(Cl)cc1. The number of pyridine rings is 1. The Labute approximate surface area is 164 Å². The zero-order chi connectivity index (χ0) is 18.8. The molecule has 6 heteroatoms. The van der Waals surface area contributed by atoms with Gasteiger partial charge in [-0.05, 0) is 42.3 Å². The lowest BCUT2D eigenvalue weighted by atomic mass is 9.98. The molecule has 0 saturated carbocycles. The number of quaternary nitrogens is 1. The maximum atomic E-state index is 13.4. The van der Waals surface area contributed by atoms with Crippen molar-refractivity contribution < 1.29 is 14.4 Å². The summed E-state index contributed by atoms with van der Waals surface area (Å²) >= 11 is 6.07. The highest BCUT2D eigenvalue weighted by Crippen LogP contribution is 2.40. The van der Waals surface area contributed by atoms with E-state index in [1.54, 1.807) is 6.20 Å². The molecule has 1 aromatic carbocycles. The van der Waals surface area contributed by atoms with Gasteiger partial charge in [-0.1, -0.05) is 29.8 Å². The number of rotatable bonds is 4. The molecule has 1 N–H and O–H groups in total. The molecule has 2 aliphatic heterocycles. The van der Waals surface area contributed by atoms with Gasteiger partial charge in [0.25, 0.3) is 5.91 Å². The van der Waals surface area contributed by atoms with Gasteiger partial charge in [-0.25, -0.2) is 4.98 Å². The summed E-state index contributed by atoms with van der Waals surface area (Å²) in [4.78, 5) is 21.0. The molecule has 0 radical (unpaired) electrons. The Morgan fingerprint density at radius 2 is 1.93 bits per heavy atom. The number of ether oxygens (including phenoxy) is 1. The highest BCUT2D eigenvalue weighted by molar-refractivity contribution is 6.30. The first-order valence-corrected chi connectivity index (χ1v) is 9.64. The second-order valence-electron chi connectivity index (χ2n) is 7.02. The molecule has 4 rings (SSSR count). The molecule has 0 bridgehead atoms. The molecule has 1 fully saturated rings. The fourth-order valence-corrected chi connectivity index (χ4v) is 3.99. The van der Waals surface area contributed by atoms with Gasteiger partial charge in [-0.3, -0.25) is 9.69 Å². The predicted molar refractivity (Wildman–Crippen MR) is 105 cm³/mol. The average molecular weight is 385 g/mol. The molecule has 5 nitrogen and oxygen atoms in total. The first kappa shape index (κ1) is 18.2. The Morgan fingerprint density at radius 3 is 2.59 bits per heavy atom. The Morgan fingerprint density at radius 1 is 1.19 bits per heavy atom. The smallest absolute Gasteiger partial charge is 0.261 e. The number of hydrogen-bond donors (Lipinski definition) is 1. The third-order valence-corrected chi connectivity index (χ3v) is 5.58.